The summed E-state index contributed by atoms with van der Waals surface area (Å²) in [5.74, 6) is 0.965. The molecule has 6 nitrogen and oxygen atoms in total. The maximum Gasteiger partial charge on any atom is 0.128 e. The normalized spacial score (nSPS) is 18.8. The van der Waals surface area contributed by atoms with E-state index in [0.29, 0.717) is 0 Å². The van der Waals surface area contributed by atoms with Crippen molar-refractivity contribution in [1.82, 2.24) is 19.7 Å². The predicted molar refractivity (Wildman–Crippen MR) is 95.2 cm³/mol. The second kappa shape index (κ2) is 6.91. The topological polar surface area (TPSA) is 46.4 Å². The van der Waals surface area contributed by atoms with Gasteiger partial charge in [-0.05, 0) is 26.0 Å². The molecule has 0 saturated carbocycles. The maximum atomic E-state index is 5.99. The molecule has 0 unspecified atom stereocenters. The number of hydrogen-bond donors (Lipinski definition) is 0. The lowest BCUT2D eigenvalue weighted by molar-refractivity contribution is -0.0350. The number of morpholine rings is 1. The number of pyridine rings is 1. The van der Waals surface area contributed by atoms with E-state index in [4.69, 9.17) is 9.72 Å². The number of hydrogen-bond acceptors (Lipinski definition) is 5. The maximum absolute atomic E-state index is 5.99. The summed E-state index contributed by atoms with van der Waals surface area (Å²) in [5, 5.41) is 4.53. The van der Waals surface area contributed by atoms with Crippen LogP contribution in [0, 0.1) is 13.8 Å². The zero-order valence-corrected chi connectivity index (χ0v) is 15.3. The van der Waals surface area contributed by atoms with Gasteiger partial charge < -0.3 is 9.64 Å². The molecular formula is C18H27N5O. The lowest BCUT2D eigenvalue weighted by atomic mass is 10.1. The highest BCUT2D eigenvalue weighted by molar-refractivity contribution is 5.37. The molecule has 0 N–H and O–H groups in total. The van der Waals surface area contributed by atoms with Crippen molar-refractivity contribution < 1.29 is 4.74 Å². The van der Waals surface area contributed by atoms with E-state index in [0.717, 1.165) is 43.4 Å². The van der Waals surface area contributed by atoms with E-state index in [9.17, 15) is 0 Å². The van der Waals surface area contributed by atoms with Crippen molar-refractivity contribution in [2.24, 2.45) is 7.05 Å². The molecule has 24 heavy (non-hydrogen) atoms. The van der Waals surface area contributed by atoms with E-state index >= 15 is 0 Å². The first-order valence-corrected chi connectivity index (χ1v) is 8.43. The van der Waals surface area contributed by atoms with Gasteiger partial charge in [0.1, 0.15) is 11.9 Å². The van der Waals surface area contributed by atoms with Crippen LogP contribution in [0.4, 0.5) is 5.82 Å². The molecule has 0 radical (unpaired) electrons. The summed E-state index contributed by atoms with van der Waals surface area (Å²) in [6.45, 7) is 7.67. The molecule has 3 rings (SSSR count). The highest BCUT2D eigenvalue weighted by Gasteiger charge is 2.25. The second-order valence-corrected chi connectivity index (χ2v) is 6.68. The van der Waals surface area contributed by atoms with E-state index in [1.807, 2.05) is 36.8 Å². The van der Waals surface area contributed by atoms with Crippen molar-refractivity contribution in [1.29, 1.82) is 0 Å². The number of nitrogens with zero attached hydrogens (tertiary/aromatic N) is 5. The molecule has 3 heterocycles. The van der Waals surface area contributed by atoms with Gasteiger partial charge in [-0.25, -0.2) is 4.98 Å². The number of rotatable bonds is 4. The molecule has 0 bridgehead atoms. The van der Waals surface area contributed by atoms with Crippen LogP contribution in [0.5, 0.6) is 0 Å². The zero-order chi connectivity index (χ0) is 17.3. The van der Waals surface area contributed by atoms with Crippen molar-refractivity contribution in [2.75, 3.05) is 38.7 Å². The summed E-state index contributed by atoms with van der Waals surface area (Å²) < 4.78 is 7.95. The molecule has 0 aromatic carbocycles. The van der Waals surface area contributed by atoms with Gasteiger partial charge >= 0.3 is 0 Å². The first-order valence-electron chi connectivity index (χ1n) is 8.43. The van der Waals surface area contributed by atoms with Crippen molar-refractivity contribution >= 4 is 5.82 Å². The van der Waals surface area contributed by atoms with Gasteiger partial charge in [-0.15, -0.1) is 0 Å². The Balaban J connectivity index is 1.74. The average molecular weight is 329 g/mol. The number of aromatic nitrogens is 3. The Hall–Kier alpha value is -1.92. The van der Waals surface area contributed by atoms with Crippen LogP contribution in [0.2, 0.25) is 0 Å². The van der Waals surface area contributed by atoms with Crippen LogP contribution >= 0.6 is 0 Å². The van der Waals surface area contributed by atoms with E-state index < -0.39 is 0 Å². The number of aryl methyl sites for hydroxylation is 2. The van der Waals surface area contributed by atoms with Crippen LogP contribution in [0.3, 0.4) is 0 Å². The minimum Gasteiger partial charge on any atom is -0.369 e. The van der Waals surface area contributed by atoms with Gasteiger partial charge in [0.05, 0.1) is 18.0 Å². The molecule has 1 fully saturated rings. The minimum atomic E-state index is 0.0240. The fraction of sp³-hybridized carbons (Fsp3) is 0.556. The minimum absolute atomic E-state index is 0.0240. The number of anilines is 1. The smallest absolute Gasteiger partial charge is 0.128 e. The highest BCUT2D eigenvalue weighted by Crippen LogP contribution is 2.24. The zero-order valence-electron chi connectivity index (χ0n) is 15.3. The van der Waals surface area contributed by atoms with Crippen LogP contribution < -0.4 is 4.90 Å². The largest absolute Gasteiger partial charge is 0.369 e. The Morgan fingerprint density at radius 2 is 2.08 bits per heavy atom. The van der Waals surface area contributed by atoms with E-state index in [2.05, 4.69) is 36.0 Å². The van der Waals surface area contributed by atoms with Gasteiger partial charge in [0, 0.05) is 52.0 Å². The molecule has 2 aromatic heterocycles. The molecule has 1 atom stereocenters. The van der Waals surface area contributed by atoms with Crippen LogP contribution in [0.25, 0.3) is 0 Å². The third-order valence-electron chi connectivity index (χ3n) is 4.74. The highest BCUT2D eigenvalue weighted by atomic mass is 16.5. The first kappa shape index (κ1) is 16.9. The van der Waals surface area contributed by atoms with E-state index in [-0.39, 0.29) is 6.10 Å². The molecule has 1 aliphatic rings. The first-order chi connectivity index (χ1) is 11.5. The van der Waals surface area contributed by atoms with Crippen LogP contribution in [-0.4, -0.2) is 53.5 Å². The van der Waals surface area contributed by atoms with Crippen molar-refractivity contribution in [2.45, 2.75) is 26.5 Å². The molecule has 1 saturated heterocycles. The Morgan fingerprint density at radius 3 is 2.75 bits per heavy atom. The fourth-order valence-corrected chi connectivity index (χ4v) is 3.16. The van der Waals surface area contributed by atoms with Gasteiger partial charge in [-0.1, -0.05) is 6.07 Å². The summed E-state index contributed by atoms with van der Waals surface area (Å²) in [5.41, 5.74) is 4.69. The van der Waals surface area contributed by atoms with Gasteiger partial charge in [-0.2, -0.15) is 5.10 Å². The molecule has 0 spiro atoms. The molecule has 130 valence electrons. The van der Waals surface area contributed by atoms with Crippen molar-refractivity contribution in [3.05, 3.63) is 40.8 Å². The molecule has 6 heteroatoms. The monoisotopic (exact) mass is 329 g/mol. The van der Waals surface area contributed by atoms with Gasteiger partial charge in [0.25, 0.3) is 0 Å². The van der Waals surface area contributed by atoms with Gasteiger partial charge in [0.15, 0.2) is 0 Å². The SMILES string of the molecule is Cc1nn(C)c(C)c1CN1CCO[C@H](c2cccc(N(C)C)n2)C1. The standard InChI is InChI=1S/C18H27N5O/c1-13-15(14(2)22(5)20-13)11-23-9-10-24-17(12-23)16-7-6-8-18(19-16)21(3)4/h6-8,17H,9-12H2,1-5H3/t17-/m0/s1. The van der Waals surface area contributed by atoms with Crippen LogP contribution in [-0.2, 0) is 18.3 Å². The van der Waals surface area contributed by atoms with Crippen LogP contribution in [0.15, 0.2) is 18.2 Å². The van der Waals surface area contributed by atoms with Crippen molar-refractivity contribution in [3.63, 3.8) is 0 Å². The van der Waals surface area contributed by atoms with Crippen molar-refractivity contribution in [3.8, 4) is 0 Å². The lowest BCUT2D eigenvalue weighted by Crippen LogP contribution is -2.38. The summed E-state index contributed by atoms with van der Waals surface area (Å²) in [6, 6.07) is 6.13. The van der Waals surface area contributed by atoms with Gasteiger partial charge in [0.2, 0.25) is 0 Å². The average Bonchev–Trinajstić information content (AvgIpc) is 2.81. The summed E-state index contributed by atoms with van der Waals surface area (Å²) in [6.07, 6.45) is 0.0240. The van der Waals surface area contributed by atoms with E-state index in [1.54, 1.807) is 0 Å². The second-order valence-electron chi connectivity index (χ2n) is 6.68. The third kappa shape index (κ3) is 3.44. The molecule has 1 aliphatic heterocycles. The molecule has 0 amide bonds. The fourth-order valence-electron chi connectivity index (χ4n) is 3.16. The Labute approximate surface area is 144 Å². The summed E-state index contributed by atoms with van der Waals surface area (Å²) in [4.78, 5) is 9.19. The third-order valence-corrected chi connectivity index (χ3v) is 4.74. The molecule has 2 aromatic rings. The lowest BCUT2D eigenvalue weighted by Gasteiger charge is -2.33. The Morgan fingerprint density at radius 1 is 1.29 bits per heavy atom. The van der Waals surface area contributed by atoms with Gasteiger partial charge in [-0.3, -0.25) is 9.58 Å². The Kier molecular flexibility index (Phi) is 4.87. The van der Waals surface area contributed by atoms with Crippen LogP contribution in [0.1, 0.15) is 28.7 Å². The number of ether oxygens (including phenoxy) is 1. The summed E-state index contributed by atoms with van der Waals surface area (Å²) in [7, 11) is 6.02. The Bertz CT molecular complexity index is 709. The summed E-state index contributed by atoms with van der Waals surface area (Å²) >= 11 is 0. The quantitative estimate of drug-likeness (QED) is 0.859. The molecular weight excluding hydrogens is 302 g/mol. The van der Waals surface area contributed by atoms with E-state index in [1.165, 1.54) is 11.3 Å². The molecule has 0 aliphatic carbocycles. The predicted octanol–water partition coefficient (Wildman–Crippen LogP) is 2.07.